The average molecular weight is 1140 g/mol. The van der Waals surface area contributed by atoms with Crippen molar-refractivity contribution in [1.29, 1.82) is 0 Å². The van der Waals surface area contributed by atoms with E-state index in [1.165, 1.54) is 93.5 Å². The Balaban J connectivity index is 0.00000578. The molecule has 0 aromatic heterocycles. The van der Waals surface area contributed by atoms with Gasteiger partial charge in [0.05, 0.1) is 41.9 Å². The van der Waals surface area contributed by atoms with Crippen LogP contribution in [0.3, 0.4) is 0 Å². The van der Waals surface area contributed by atoms with Gasteiger partial charge in [-0.3, -0.25) is 19.8 Å². The van der Waals surface area contributed by atoms with Gasteiger partial charge in [0.25, 0.3) is 5.91 Å². The van der Waals surface area contributed by atoms with Crippen LogP contribution in [0.1, 0.15) is 90.9 Å². The summed E-state index contributed by atoms with van der Waals surface area (Å²) in [7, 11) is -10.6. The number of carbonyl (C=O) groups is 3. The van der Waals surface area contributed by atoms with Crippen molar-refractivity contribution >= 4 is 135 Å². The summed E-state index contributed by atoms with van der Waals surface area (Å²) in [6, 6.07) is 15.0. The third kappa shape index (κ3) is 17.0. The molecule has 5 aromatic rings. The number of unbranched alkanes of at least 4 members (excludes halogenated alkanes) is 10. The number of phenols is 1. The van der Waals surface area contributed by atoms with Crippen LogP contribution in [0.25, 0.3) is 10.8 Å². The van der Waals surface area contributed by atoms with E-state index < -0.39 is 70.5 Å². The molecule has 0 spiro atoms. The number of hydrogen-bond acceptors (Lipinski definition) is 14. The first-order valence-electron chi connectivity index (χ1n) is 22.3. The Labute approximate surface area is 487 Å². The number of nitrogens with zero attached hydrogens (tertiary/aromatic N) is 4. The Morgan fingerprint density at radius 2 is 1.37 bits per heavy atom. The van der Waals surface area contributed by atoms with Crippen molar-refractivity contribution < 1.29 is 109 Å². The average Bonchev–Trinajstić information content (AvgIpc) is 3.57. The second-order valence-corrected chi connectivity index (χ2v) is 20.8. The number of nitrogens with one attached hydrogen (secondary N) is 3. The fraction of sp³-hybridized carbons (Fsp3) is 0.319. The molecule has 0 bridgehead atoms. The number of azo groups is 1. The number of halogens is 4. The Kier molecular flexibility index (Phi) is 23.8. The maximum Gasteiger partial charge on any atom is 1.00 e. The maximum atomic E-state index is 14.2. The van der Waals surface area contributed by atoms with Gasteiger partial charge in [0.15, 0.2) is 11.6 Å². The van der Waals surface area contributed by atoms with Crippen LogP contribution in [-0.2, 0) is 34.6 Å². The van der Waals surface area contributed by atoms with Crippen molar-refractivity contribution in [1.82, 2.24) is 5.43 Å². The zero-order valence-electron chi connectivity index (χ0n) is 40.1. The molecule has 0 saturated carbocycles. The zero-order chi connectivity index (χ0) is 51.6. The van der Waals surface area contributed by atoms with Crippen molar-refractivity contribution in [2.75, 3.05) is 15.6 Å². The molecule has 3 amide bonds. The van der Waals surface area contributed by atoms with Crippen LogP contribution in [-0.4, -0.2) is 60.7 Å². The molecule has 0 aliphatic carbocycles. The van der Waals surface area contributed by atoms with Gasteiger partial charge >= 0.3 is 59.1 Å². The number of carbonyl (C=O) groups excluding carboxylic acids is 3. The second-order valence-electron chi connectivity index (χ2n) is 16.4. The van der Waals surface area contributed by atoms with Crippen LogP contribution in [0.5, 0.6) is 11.5 Å². The Morgan fingerprint density at radius 3 is 1.95 bits per heavy atom. The van der Waals surface area contributed by atoms with Crippen LogP contribution in [0.2, 0.25) is 20.1 Å². The standard InChI is InChI=1S/C47H49Cl4N7O11S2.2Na/c1-3-4-5-6-7-8-9-10-11-12-13-14-40(60)53-31-17-20-34(49)37(25-31)54-46-45(47(62)58(57-46)43-35(50)23-29(48)24-36(43)51)69-32-18-15-30(16-19-32)55-56-42-39(71(66,67)68)22-28-21-33(70(63,64)65)26-38(52-27(2)59)41(28)44(42)61;;/h15-26,45,61H,3-14H2,1-2H3,(H,52,59)(H,53,60)(H,54,57)(H,63,64,65)(H,66,67,68);;/q;2*+1/p-2. The van der Waals surface area contributed by atoms with E-state index in [1.807, 2.05) is 0 Å². The molecule has 0 radical (unpaired) electrons. The Hall–Kier alpha value is -3.58. The molecule has 1 saturated heterocycles. The van der Waals surface area contributed by atoms with Gasteiger partial charge in [0, 0.05) is 29.4 Å². The number of hydrazine groups is 1. The number of aliphatic imine (C=N–C) groups is 1. The predicted octanol–water partition coefficient (Wildman–Crippen LogP) is 6.02. The van der Waals surface area contributed by atoms with E-state index >= 15 is 0 Å². The molecular formula is C47H47Cl4N7Na2O11S2. The number of amides is 3. The minimum absolute atomic E-state index is 0. The molecule has 378 valence electrons. The molecule has 1 heterocycles. The summed E-state index contributed by atoms with van der Waals surface area (Å²) < 4.78 is 78.9. The van der Waals surface area contributed by atoms with E-state index in [2.05, 4.69) is 38.2 Å². The van der Waals surface area contributed by atoms with E-state index in [0.29, 0.717) is 18.2 Å². The summed E-state index contributed by atoms with van der Waals surface area (Å²) in [6.45, 7) is 3.26. The predicted molar refractivity (Wildman–Crippen MR) is 271 cm³/mol. The number of amidine groups is 1. The minimum Gasteiger partial charge on any atom is -0.744 e. The number of aromatic hydroxyl groups is 1. The molecule has 18 nitrogen and oxygen atoms in total. The van der Waals surface area contributed by atoms with Crippen molar-refractivity contribution in [2.45, 2.75) is 107 Å². The number of anilines is 3. The molecule has 1 fully saturated rings. The van der Waals surface area contributed by atoms with Gasteiger partial charge in [0.1, 0.15) is 37.4 Å². The first-order valence-corrected chi connectivity index (χ1v) is 26.6. The molecule has 5 aromatic carbocycles. The molecule has 1 aliphatic rings. The summed E-state index contributed by atoms with van der Waals surface area (Å²) in [5.74, 6) is -2.68. The molecule has 1 atom stereocenters. The van der Waals surface area contributed by atoms with Gasteiger partial charge in [-0.25, -0.2) is 26.8 Å². The Bertz CT molecular complexity index is 3110. The monoisotopic (exact) mass is 1140 g/mol. The molecule has 26 heteroatoms. The summed E-state index contributed by atoms with van der Waals surface area (Å²) in [4.78, 5) is 41.7. The number of ether oxygens (including phenoxy) is 1. The van der Waals surface area contributed by atoms with E-state index in [9.17, 15) is 45.4 Å². The second kappa shape index (κ2) is 28.0. The van der Waals surface area contributed by atoms with Gasteiger partial charge in [-0.2, -0.15) is 5.11 Å². The van der Waals surface area contributed by atoms with Crippen LogP contribution in [0, 0.1) is 0 Å². The molecular weight excluding hydrogens is 1090 g/mol. The molecule has 1 aliphatic heterocycles. The number of fused-ring (bicyclic) bond motifs is 1. The van der Waals surface area contributed by atoms with Gasteiger partial charge in [-0.1, -0.05) is 118 Å². The van der Waals surface area contributed by atoms with Crippen LogP contribution >= 0.6 is 46.4 Å². The first kappa shape index (κ1) is 62.0. The molecule has 6 rings (SSSR count). The fourth-order valence-corrected chi connectivity index (χ4v) is 9.89. The SMILES string of the molecule is CCCCCCCCCCCCCC(=O)Nc1ccc(Cl)c(N=C2NN(c3c(Cl)cc(Cl)cc3Cl)C(=O)C2Oc2ccc(N=Nc3c(S(=O)(=O)[O-])cc4cc(S(=O)(=O)[O-])cc(NC(C)=O)c4c3O)cc2)c1.[Na+].[Na+]. The smallest absolute Gasteiger partial charge is 0.744 e. The normalized spacial score (nSPS) is 14.2. The van der Waals surface area contributed by atoms with E-state index in [0.717, 1.165) is 49.7 Å². The molecule has 73 heavy (non-hydrogen) atoms. The van der Waals surface area contributed by atoms with Crippen LogP contribution in [0.4, 0.5) is 34.1 Å². The zero-order valence-corrected chi connectivity index (χ0v) is 48.8. The Morgan fingerprint density at radius 1 is 0.767 bits per heavy atom. The summed E-state index contributed by atoms with van der Waals surface area (Å²) in [5, 5.41) is 24.9. The van der Waals surface area contributed by atoms with Crippen molar-refractivity contribution in [2.24, 2.45) is 15.2 Å². The van der Waals surface area contributed by atoms with E-state index in [-0.39, 0.29) is 119 Å². The largest absolute Gasteiger partial charge is 1.00 e. The fourth-order valence-electron chi connectivity index (χ4n) is 7.56. The number of hydrogen-bond donors (Lipinski definition) is 4. The number of benzene rings is 5. The van der Waals surface area contributed by atoms with Gasteiger partial charge in [-0.15, -0.1) is 5.11 Å². The summed E-state index contributed by atoms with van der Waals surface area (Å²) in [5.41, 5.74) is 2.21. The first-order chi connectivity index (χ1) is 33.6. The number of phenolic OH excluding ortho intramolecular Hbond substituents is 1. The third-order valence-electron chi connectivity index (χ3n) is 11.0. The minimum atomic E-state index is -5.44. The van der Waals surface area contributed by atoms with Gasteiger partial charge < -0.3 is 29.6 Å². The quantitative estimate of drug-likeness (QED) is 0.0268. The van der Waals surface area contributed by atoms with E-state index in [1.54, 1.807) is 6.07 Å². The topological polar surface area (TPSA) is 271 Å². The van der Waals surface area contributed by atoms with Crippen LogP contribution < -0.4 is 84.9 Å². The molecule has 4 N–H and O–H groups in total. The van der Waals surface area contributed by atoms with Crippen molar-refractivity contribution in [3.05, 3.63) is 92.9 Å². The van der Waals surface area contributed by atoms with Crippen molar-refractivity contribution in [3.8, 4) is 11.5 Å². The summed E-state index contributed by atoms with van der Waals surface area (Å²) >= 11 is 25.8. The van der Waals surface area contributed by atoms with Crippen molar-refractivity contribution in [3.63, 3.8) is 0 Å². The van der Waals surface area contributed by atoms with E-state index in [4.69, 9.17) is 51.1 Å². The van der Waals surface area contributed by atoms with Gasteiger partial charge in [0.2, 0.25) is 17.9 Å². The molecule has 1 unspecified atom stereocenters. The maximum absolute atomic E-state index is 14.2. The van der Waals surface area contributed by atoms with Gasteiger partial charge in [-0.05, 0) is 84.6 Å². The van der Waals surface area contributed by atoms with Crippen LogP contribution in [0.15, 0.2) is 97.8 Å². The summed E-state index contributed by atoms with van der Waals surface area (Å²) in [6.07, 6.45) is 11.5. The number of rotatable bonds is 22. The third-order valence-corrected chi connectivity index (χ3v) is 13.7.